The van der Waals surface area contributed by atoms with Crippen molar-refractivity contribution in [3.8, 4) is 0 Å². The third-order valence-corrected chi connectivity index (χ3v) is 2.33. The molecule has 1 unspecified atom stereocenters. The van der Waals surface area contributed by atoms with Crippen molar-refractivity contribution in [2.75, 3.05) is 0 Å². The summed E-state index contributed by atoms with van der Waals surface area (Å²) in [6, 6.07) is 0. The molecule has 0 saturated heterocycles. The Balaban J connectivity index is 2.54. The normalized spacial score (nSPS) is 29.2. The molecule has 0 radical (unpaired) electrons. The molecule has 60 valence electrons. The fraction of sp³-hybridized carbons (Fsp3) is 0.286. The van der Waals surface area contributed by atoms with E-state index in [0.717, 1.165) is 0 Å². The van der Waals surface area contributed by atoms with Crippen molar-refractivity contribution in [1.29, 1.82) is 0 Å². The number of primary amides is 1. The first-order valence-corrected chi connectivity index (χ1v) is 4.09. The molecule has 0 spiro atoms. The van der Waals surface area contributed by atoms with Crippen LogP contribution in [0.1, 0.15) is 6.92 Å². The summed E-state index contributed by atoms with van der Waals surface area (Å²) in [5.41, 5.74) is 4.95. The van der Waals surface area contributed by atoms with Crippen LogP contribution in [-0.2, 0) is 4.79 Å². The van der Waals surface area contributed by atoms with E-state index in [1.165, 1.54) is 6.08 Å². The van der Waals surface area contributed by atoms with Crippen LogP contribution < -0.4 is 11.1 Å². The second-order valence-electron chi connectivity index (χ2n) is 2.41. The van der Waals surface area contributed by atoms with Crippen LogP contribution in [0.15, 0.2) is 23.8 Å². The zero-order chi connectivity index (χ0) is 8.32. The van der Waals surface area contributed by atoms with Gasteiger partial charge >= 0.3 is 0 Å². The summed E-state index contributed by atoms with van der Waals surface area (Å²) in [6.07, 6.45) is 4.96. The summed E-state index contributed by atoms with van der Waals surface area (Å²) in [7, 11) is 0. The predicted octanol–water partition coefficient (Wildman–Crippen LogP) is 0.552. The Bertz CT molecular complexity index is 214. The molecule has 0 saturated carbocycles. The second-order valence-corrected chi connectivity index (χ2v) is 3.76. The van der Waals surface area contributed by atoms with Gasteiger partial charge in [0.2, 0.25) is 5.91 Å². The number of carbonyl (C=O) groups excluding carboxylic acids is 1. The van der Waals surface area contributed by atoms with Gasteiger partial charge in [-0.3, -0.25) is 4.79 Å². The van der Waals surface area contributed by atoms with Crippen LogP contribution in [0.2, 0.25) is 0 Å². The van der Waals surface area contributed by atoms with Gasteiger partial charge in [-0.05, 0) is 18.4 Å². The van der Waals surface area contributed by atoms with Gasteiger partial charge in [-0.2, -0.15) is 0 Å². The van der Waals surface area contributed by atoms with Crippen LogP contribution in [0, 0.1) is 0 Å². The number of hydrogen-bond acceptors (Lipinski definition) is 3. The van der Waals surface area contributed by atoms with E-state index in [0.29, 0.717) is 0 Å². The molecule has 0 bridgehead atoms. The summed E-state index contributed by atoms with van der Waals surface area (Å²) >= 11 is 1.60. The number of hydrogen-bond donors (Lipinski definition) is 2. The molecule has 11 heavy (non-hydrogen) atoms. The van der Waals surface area contributed by atoms with Crippen molar-refractivity contribution in [2.45, 2.75) is 11.8 Å². The van der Waals surface area contributed by atoms with Gasteiger partial charge in [0.05, 0.1) is 0 Å². The molecule has 1 amide bonds. The van der Waals surface area contributed by atoms with Crippen molar-refractivity contribution in [2.24, 2.45) is 5.73 Å². The van der Waals surface area contributed by atoms with Crippen LogP contribution in [0.3, 0.4) is 0 Å². The molecule has 0 aliphatic carbocycles. The highest BCUT2D eigenvalue weighted by molar-refractivity contribution is 8.03. The Hall–Kier alpha value is -0.900. The highest BCUT2D eigenvalue weighted by Gasteiger charge is 2.21. The van der Waals surface area contributed by atoms with Crippen LogP contribution in [0.5, 0.6) is 0 Å². The highest BCUT2D eigenvalue weighted by Crippen LogP contribution is 2.28. The second kappa shape index (κ2) is 3.00. The fourth-order valence-electron chi connectivity index (χ4n) is 0.737. The Morgan fingerprint density at radius 2 is 2.55 bits per heavy atom. The molecule has 3 N–H and O–H groups in total. The van der Waals surface area contributed by atoms with Gasteiger partial charge in [-0.1, -0.05) is 0 Å². The Labute approximate surface area is 69.7 Å². The van der Waals surface area contributed by atoms with Gasteiger partial charge in [-0.15, -0.1) is 11.8 Å². The van der Waals surface area contributed by atoms with Crippen molar-refractivity contribution in [3.63, 3.8) is 0 Å². The van der Waals surface area contributed by atoms with Crippen LogP contribution in [0.4, 0.5) is 0 Å². The van der Waals surface area contributed by atoms with Gasteiger partial charge in [0, 0.05) is 12.3 Å². The van der Waals surface area contributed by atoms with Gasteiger partial charge in [-0.25, -0.2) is 0 Å². The smallest absolute Gasteiger partial charge is 0.241 e. The molecule has 4 heteroatoms. The minimum absolute atomic E-state index is 0.199. The quantitative estimate of drug-likeness (QED) is 0.595. The first kappa shape index (κ1) is 8.20. The zero-order valence-corrected chi connectivity index (χ0v) is 7.02. The predicted molar refractivity (Wildman–Crippen MR) is 46.6 cm³/mol. The maximum Gasteiger partial charge on any atom is 0.241 e. The molecular formula is C7H10N2OS. The number of nitrogens with one attached hydrogen (secondary N) is 1. The maximum absolute atomic E-state index is 10.4. The Morgan fingerprint density at radius 1 is 1.82 bits per heavy atom. The summed E-state index contributed by atoms with van der Waals surface area (Å²) < 4.78 is 0. The van der Waals surface area contributed by atoms with Gasteiger partial charge in [0.15, 0.2) is 0 Å². The van der Waals surface area contributed by atoms with Crippen LogP contribution >= 0.6 is 11.8 Å². The van der Waals surface area contributed by atoms with E-state index in [-0.39, 0.29) is 4.87 Å². The lowest BCUT2D eigenvalue weighted by Gasteiger charge is -2.18. The fourth-order valence-corrected chi connectivity index (χ4v) is 1.44. The number of thioether (sulfide) groups is 1. The summed E-state index contributed by atoms with van der Waals surface area (Å²) in [6.45, 7) is 1.97. The third-order valence-electron chi connectivity index (χ3n) is 1.32. The molecule has 1 heterocycles. The lowest BCUT2D eigenvalue weighted by atomic mass is 10.3. The lowest BCUT2D eigenvalue weighted by Crippen LogP contribution is -2.29. The first-order chi connectivity index (χ1) is 5.12. The van der Waals surface area contributed by atoms with Gasteiger partial charge < -0.3 is 11.1 Å². The monoisotopic (exact) mass is 170 g/mol. The third kappa shape index (κ3) is 2.31. The first-order valence-electron chi connectivity index (χ1n) is 3.22. The topological polar surface area (TPSA) is 55.1 Å². The lowest BCUT2D eigenvalue weighted by molar-refractivity contribution is -0.113. The highest BCUT2D eigenvalue weighted by atomic mass is 32.2. The van der Waals surface area contributed by atoms with Crippen molar-refractivity contribution in [3.05, 3.63) is 23.8 Å². The van der Waals surface area contributed by atoms with Crippen molar-refractivity contribution < 1.29 is 4.79 Å². The van der Waals surface area contributed by atoms with E-state index in [1.54, 1.807) is 17.8 Å². The molecule has 0 fully saturated rings. The molecule has 1 aliphatic heterocycles. The molecule has 0 aromatic carbocycles. The number of nitrogens with two attached hydrogens (primary N) is 1. The molecule has 1 aliphatic rings. The Kier molecular flexibility index (Phi) is 2.24. The van der Waals surface area contributed by atoms with Crippen LogP contribution in [-0.4, -0.2) is 10.8 Å². The molecule has 0 aromatic rings. The van der Waals surface area contributed by atoms with Gasteiger partial charge in [0.25, 0.3) is 0 Å². The van der Waals surface area contributed by atoms with E-state index in [1.807, 2.05) is 18.5 Å². The summed E-state index contributed by atoms with van der Waals surface area (Å²) in [4.78, 5) is 10.2. The average Bonchev–Trinajstić information content (AvgIpc) is 2.33. The van der Waals surface area contributed by atoms with Gasteiger partial charge in [0.1, 0.15) is 4.87 Å². The molecular weight excluding hydrogens is 160 g/mol. The zero-order valence-electron chi connectivity index (χ0n) is 6.20. The number of rotatable bonds is 2. The standard InChI is InChI=1S/C7H10N2OS/c1-7(3-2-6(8)10)9-4-5-11-7/h2-5,9H,1H3,(H2,8,10). The van der Waals surface area contributed by atoms with Crippen molar-refractivity contribution in [1.82, 2.24) is 5.32 Å². The minimum atomic E-state index is -0.416. The largest absolute Gasteiger partial charge is 0.373 e. The van der Waals surface area contributed by atoms with Crippen LogP contribution in [0.25, 0.3) is 0 Å². The Morgan fingerprint density at radius 3 is 3.00 bits per heavy atom. The maximum atomic E-state index is 10.4. The minimum Gasteiger partial charge on any atom is -0.373 e. The van der Waals surface area contributed by atoms with E-state index < -0.39 is 5.91 Å². The molecule has 1 rings (SSSR count). The van der Waals surface area contributed by atoms with Crippen molar-refractivity contribution >= 4 is 17.7 Å². The van der Waals surface area contributed by atoms with E-state index >= 15 is 0 Å². The molecule has 0 aromatic heterocycles. The molecule has 3 nitrogen and oxygen atoms in total. The average molecular weight is 170 g/mol. The number of carbonyl (C=O) groups is 1. The summed E-state index contributed by atoms with van der Waals surface area (Å²) in [5, 5.41) is 5.01. The SMILES string of the molecule is CC1(C=CC(N)=O)NC=CS1. The number of amides is 1. The summed E-state index contributed by atoms with van der Waals surface area (Å²) in [5.74, 6) is -0.416. The molecule has 1 atom stereocenters. The van der Waals surface area contributed by atoms with E-state index in [4.69, 9.17) is 5.73 Å². The van der Waals surface area contributed by atoms with E-state index in [9.17, 15) is 4.79 Å². The van der Waals surface area contributed by atoms with E-state index in [2.05, 4.69) is 5.32 Å².